The molecule has 4 nitrogen and oxygen atoms in total. The van der Waals surface area contributed by atoms with Crippen LogP contribution in [0.2, 0.25) is 0 Å². The molecule has 0 saturated carbocycles. The summed E-state index contributed by atoms with van der Waals surface area (Å²) in [5, 5.41) is 0. The first-order chi connectivity index (χ1) is 7.87. The molecule has 1 heterocycles. The molecule has 4 heteroatoms. The van der Waals surface area contributed by atoms with Crippen molar-refractivity contribution in [2.24, 2.45) is 17.6 Å². The molecule has 0 aromatic rings. The number of carbonyl (C=O) groups is 1. The van der Waals surface area contributed by atoms with Crippen LogP contribution >= 0.6 is 0 Å². The van der Waals surface area contributed by atoms with Gasteiger partial charge in [-0.25, -0.2) is 4.79 Å². The predicted octanol–water partition coefficient (Wildman–Crippen LogP) is 2.23. The van der Waals surface area contributed by atoms with Crippen molar-refractivity contribution >= 4 is 6.09 Å². The van der Waals surface area contributed by atoms with Crippen molar-refractivity contribution in [3.63, 3.8) is 0 Å². The smallest absolute Gasteiger partial charge is 0.410 e. The zero-order chi connectivity index (χ0) is 13.1. The maximum absolute atomic E-state index is 11.9. The standard InChI is InChI=1S/C13H26N2O2/c1-5-10-8-15(9-11(10)6-7-14)12(16)17-13(2,3)4/h10-11H,5-9,14H2,1-4H3. The number of rotatable bonds is 3. The molecule has 0 bridgehead atoms. The SMILES string of the molecule is CCC1CN(C(=O)OC(C)(C)C)CC1CCN. The van der Waals surface area contributed by atoms with Gasteiger partial charge in [-0.2, -0.15) is 0 Å². The van der Waals surface area contributed by atoms with Crippen molar-refractivity contribution < 1.29 is 9.53 Å². The minimum absolute atomic E-state index is 0.185. The van der Waals surface area contributed by atoms with Crippen LogP contribution in [0.3, 0.4) is 0 Å². The lowest BCUT2D eigenvalue weighted by Gasteiger charge is -2.24. The number of hydrogen-bond donors (Lipinski definition) is 1. The summed E-state index contributed by atoms with van der Waals surface area (Å²) in [4.78, 5) is 13.8. The van der Waals surface area contributed by atoms with Gasteiger partial charge in [-0.3, -0.25) is 0 Å². The highest BCUT2D eigenvalue weighted by atomic mass is 16.6. The molecule has 0 aromatic heterocycles. The zero-order valence-electron chi connectivity index (χ0n) is 11.5. The third kappa shape index (κ3) is 4.19. The molecular formula is C13H26N2O2. The van der Waals surface area contributed by atoms with E-state index in [0.717, 1.165) is 25.9 Å². The van der Waals surface area contributed by atoms with Gasteiger partial charge in [-0.15, -0.1) is 0 Å². The summed E-state index contributed by atoms with van der Waals surface area (Å²) in [5.74, 6) is 1.11. The van der Waals surface area contributed by atoms with E-state index in [0.29, 0.717) is 18.4 Å². The highest BCUT2D eigenvalue weighted by molar-refractivity contribution is 5.68. The van der Waals surface area contributed by atoms with E-state index >= 15 is 0 Å². The molecule has 100 valence electrons. The second kappa shape index (κ2) is 5.71. The molecule has 2 unspecified atom stereocenters. The molecule has 1 aliphatic rings. The zero-order valence-corrected chi connectivity index (χ0v) is 11.5. The molecule has 17 heavy (non-hydrogen) atoms. The quantitative estimate of drug-likeness (QED) is 0.825. The van der Waals surface area contributed by atoms with E-state index in [9.17, 15) is 4.79 Å². The molecule has 0 aromatic carbocycles. The van der Waals surface area contributed by atoms with Crippen molar-refractivity contribution in [3.8, 4) is 0 Å². The van der Waals surface area contributed by atoms with E-state index < -0.39 is 5.60 Å². The van der Waals surface area contributed by atoms with Gasteiger partial charge in [0.05, 0.1) is 0 Å². The van der Waals surface area contributed by atoms with Crippen LogP contribution in [0, 0.1) is 11.8 Å². The first kappa shape index (κ1) is 14.3. The van der Waals surface area contributed by atoms with E-state index in [-0.39, 0.29) is 6.09 Å². The second-order valence-electron chi connectivity index (χ2n) is 5.89. The summed E-state index contributed by atoms with van der Waals surface area (Å²) in [5.41, 5.74) is 5.20. The van der Waals surface area contributed by atoms with Crippen LogP contribution in [0.1, 0.15) is 40.5 Å². The Morgan fingerprint density at radius 2 is 1.94 bits per heavy atom. The number of hydrogen-bond acceptors (Lipinski definition) is 3. The summed E-state index contributed by atoms with van der Waals surface area (Å²) in [6.07, 6.45) is 1.91. The van der Waals surface area contributed by atoms with E-state index in [1.165, 1.54) is 0 Å². The summed E-state index contributed by atoms with van der Waals surface area (Å²) < 4.78 is 5.40. The molecule has 1 amide bonds. The Labute approximate surface area is 104 Å². The summed E-state index contributed by atoms with van der Waals surface area (Å²) in [7, 11) is 0. The fourth-order valence-corrected chi connectivity index (χ4v) is 2.42. The maximum atomic E-state index is 11.9. The average molecular weight is 242 g/mol. The number of amides is 1. The average Bonchev–Trinajstić information content (AvgIpc) is 2.59. The van der Waals surface area contributed by atoms with E-state index in [1.54, 1.807) is 0 Å². The third-order valence-corrected chi connectivity index (χ3v) is 3.29. The molecule has 0 aliphatic carbocycles. The van der Waals surface area contributed by atoms with Gasteiger partial charge in [-0.1, -0.05) is 13.3 Å². The minimum atomic E-state index is -0.412. The molecule has 1 rings (SSSR count). The van der Waals surface area contributed by atoms with Gasteiger partial charge in [0.2, 0.25) is 0 Å². The van der Waals surface area contributed by atoms with Gasteiger partial charge in [0.15, 0.2) is 0 Å². The number of nitrogens with zero attached hydrogens (tertiary/aromatic N) is 1. The fraction of sp³-hybridized carbons (Fsp3) is 0.923. The van der Waals surface area contributed by atoms with E-state index in [2.05, 4.69) is 6.92 Å². The topological polar surface area (TPSA) is 55.6 Å². The monoisotopic (exact) mass is 242 g/mol. The number of carbonyl (C=O) groups excluding carboxylic acids is 1. The second-order valence-corrected chi connectivity index (χ2v) is 5.89. The molecular weight excluding hydrogens is 216 g/mol. The minimum Gasteiger partial charge on any atom is -0.444 e. The van der Waals surface area contributed by atoms with Crippen LogP contribution in [0.25, 0.3) is 0 Å². The largest absolute Gasteiger partial charge is 0.444 e. The first-order valence-electron chi connectivity index (χ1n) is 6.55. The molecule has 1 saturated heterocycles. The number of likely N-dealkylation sites (tertiary alicyclic amines) is 1. The Kier molecular flexibility index (Phi) is 4.80. The molecule has 2 atom stereocenters. The van der Waals surface area contributed by atoms with Crippen molar-refractivity contribution in [1.82, 2.24) is 4.90 Å². The maximum Gasteiger partial charge on any atom is 0.410 e. The molecule has 2 N–H and O–H groups in total. The van der Waals surface area contributed by atoms with Crippen LogP contribution in [0.15, 0.2) is 0 Å². The van der Waals surface area contributed by atoms with Crippen LogP contribution < -0.4 is 5.73 Å². The molecule has 1 fully saturated rings. The Bertz CT molecular complexity index is 261. The fourth-order valence-electron chi connectivity index (χ4n) is 2.42. The van der Waals surface area contributed by atoms with Crippen molar-refractivity contribution in [2.45, 2.75) is 46.1 Å². The Balaban J connectivity index is 2.54. The third-order valence-electron chi connectivity index (χ3n) is 3.29. The first-order valence-corrected chi connectivity index (χ1v) is 6.55. The van der Waals surface area contributed by atoms with Crippen LogP contribution in [-0.2, 0) is 4.74 Å². The van der Waals surface area contributed by atoms with Gasteiger partial charge < -0.3 is 15.4 Å². The van der Waals surface area contributed by atoms with Crippen molar-refractivity contribution in [2.75, 3.05) is 19.6 Å². The van der Waals surface area contributed by atoms with Crippen LogP contribution in [-0.4, -0.2) is 36.2 Å². The summed E-state index contributed by atoms with van der Waals surface area (Å²) in [6, 6.07) is 0. The lowest BCUT2D eigenvalue weighted by Crippen LogP contribution is -2.35. The lowest BCUT2D eigenvalue weighted by atomic mass is 9.91. The van der Waals surface area contributed by atoms with Gasteiger partial charge in [0.25, 0.3) is 0 Å². The Hall–Kier alpha value is -0.770. The van der Waals surface area contributed by atoms with Crippen molar-refractivity contribution in [1.29, 1.82) is 0 Å². The van der Waals surface area contributed by atoms with Crippen LogP contribution in [0.4, 0.5) is 4.79 Å². The lowest BCUT2D eigenvalue weighted by molar-refractivity contribution is 0.0283. The van der Waals surface area contributed by atoms with Crippen LogP contribution in [0.5, 0.6) is 0 Å². The van der Waals surface area contributed by atoms with Gasteiger partial charge in [0, 0.05) is 13.1 Å². The van der Waals surface area contributed by atoms with Gasteiger partial charge in [0.1, 0.15) is 5.60 Å². The Morgan fingerprint density at radius 3 is 2.41 bits per heavy atom. The molecule has 0 spiro atoms. The summed E-state index contributed by atoms with van der Waals surface area (Å²) >= 11 is 0. The van der Waals surface area contributed by atoms with Gasteiger partial charge in [-0.05, 0) is 45.6 Å². The van der Waals surface area contributed by atoms with Crippen molar-refractivity contribution in [3.05, 3.63) is 0 Å². The molecule has 1 aliphatic heterocycles. The summed E-state index contributed by atoms with van der Waals surface area (Å²) in [6.45, 7) is 10.2. The van der Waals surface area contributed by atoms with E-state index in [4.69, 9.17) is 10.5 Å². The molecule has 0 radical (unpaired) electrons. The normalized spacial score (nSPS) is 25.1. The highest BCUT2D eigenvalue weighted by Gasteiger charge is 2.35. The predicted molar refractivity (Wildman–Crippen MR) is 68.7 cm³/mol. The number of ether oxygens (including phenoxy) is 1. The number of nitrogens with two attached hydrogens (primary N) is 1. The van der Waals surface area contributed by atoms with Gasteiger partial charge >= 0.3 is 6.09 Å². The van der Waals surface area contributed by atoms with E-state index in [1.807, 2.05) is 25.7 Å². The Morgan fingerprint density at radius 1 is 1.35 bits per heavy atom. The highest BCUT2D eigenvalue weighted by Crippen LogP contribution is 2.29.